The van der Waals surface area contributed by atoms with E-state index in [1.807, 2.05) is 12.1 Å². The molecule has 0 aromatic heterocycles. The number of benzene rings is 1. The topological polar surface area (TPSA) is 49.8 Å². The van der Waals surface area contributed by atoms with Gasteiger partial charge >= 0.3 is 0 Å². The van der Waals surface area contributed by atoms with Gasteiger partial charge in [0.2, 0.25) is 0 Å². The average molecular weight is 176 g/mol. The smallest absolute Gasteiger partial charge is 0.0462 e. The van der Waals surface area contributed by atoms with E-state index < -0.39 is 0 Å². The molecule has 0 amide bonds. The fraction of sp³-hybridized carbons (Fsp3) is 0.364. The summed E-state index contributed by atoms with van der Waals surface area (Å²) >= 11 is 0. The van der Waals surface area contributed by atoms with Gasteiger partial charge in [-0.15, -0.1) is 0 Å². The molecule has 0 atom stereocenters. The van der Waals surface area contributed by atoms with E-state index >= 15 is 0 Å². The maximum absolute atomic E-state index is 6.50. The highest BCUT2D eigenvalue weighted by molar-refractivity contribution is 5.40. The van der Waals surface area contributed by atoms with E-state index in [0.717, 1.165) is 5.69 Å². The third kappa shape index (κ3) is 3.62. The summed E-state index contributed by atoms with van der Waals surface area (Å²) in [7, 11) is 0. The molecule has 0 fully saturated rings. The number of rotatable bonds is 0. The van der Waals surface area contributed by atoms with Gasteiger partial charge in [-0.1, -0.05) is 32.9 Å². The lowest BCUT2D eigenvalue weighted by atomic mass is 9.87. The Morgan fingerprint density at radius 3 is 1.77 bits per heavy atom. The number of nitriles is 1. The first-order valence-corrected chi connectivity index (χ1v) is 4.12. The van der Waals surface area contributed by atoms with Gasteiger partial charge in [0.1, 0.15) is 0 Å². The van der Waals surface area contributed by atoms with E-state index in [-0.39, 0.29) is 5.41 Å². The van der Waals surface area contributed by atoms with Crippen molar-refractivity contribution in [3.8, 4) is 6.57 Å². The third-order valence-electron chi connectivity index (χ3n) is 1.78. The normalized spacial score (nSPS) is 9.92. The SMILES string of the molecule is C#N.CC(C)(C)c1ccc(N)cc1. The van der Waals surface area contributed by atoms with Crippen LogP contribution in [-0.4, -0.2) is 0 Å². The highest BCUT2D eigenvalue weighted by Gasteiger charge is 2.11. The summed E-state index contributed by atoms with van der Waals surface area (Å²) in [6.45, 7) is 10.1. The van der Waals surface area contributed by atoms with Crippen LogP contribution in [0.15, 0.2) is 24.3 Å². The second kappa shape index (κ2) is 4.51. The van der Waals surface area contributed by atoms with Crippen molar-refractivity contribution in [1.29, 1.82) is 5.26 Å². The summed E-state index contributed by atoms with van der Waals surface area (Å²) in [5.74, 6) is 0. The molecule has 2 nitrogen and oxygen atoms in total. The summed E-state index contributed by atoms with van der Waals surface area (Å²) in [4.78, 5) is 0. The molecule has 0 saturated heterocycles. The summed E-state index contributed by atoms with van der Waals surface area (Å²) < 4.78 is 0. The van der Waals surface area contributed by atoms with Gasteiger partial charge in [0.15, 0.2) is 0 Å². The van der Waals surface area contributed by atoms with Crippen LogP contribution in [0, 0.1) is 11.8 Å². The standard InChI is InChI=1S/C10H15N.CHN/c1-10(2,3)8-4-6-9(11)7-5-8;1-2/h4-7H,11H2,1-3H3;1H. The first kappa shape index (κ1) is 11.5. The fourth-order valence-electron chi connectivity index (χ4n) is 0.983. The minimum absolute atomic E-state index is 0.230. The molecule has 13 heavy (non-hydrogen) atoms. The molecule has 1 aromatic carbocycles. The Bertz CT molecular complexity index is 264. The second-order valence-electron chi connectivity index (χ2n) is 3.87. The van der Waals surface area contributed by atoms with E-state index in [1.165, 1.54) is 5.56 Å². The van der Waals surface area contributed by atoms with Crippen LogP contribution < -0.4 is 5.73 Å². The van der Waals surface area contributed by atoms with E-state index in [0.29, 0.717) is 0 Å². The molecule has 2 heteroatoms. The predicted octanol–water partition coefficient (Wildman–Crippen LogP) is 2.71. The average Bonchev–Trinajstić information content (AvgIpc) is 2.07. The first-order valence-electron chi connectivity index (χ1n) is 4.12. The number of hydrogen-bond donors (Lipinski definition) is 1. The van der Waals surface area contributed by atoms with E-state index in [1.54, 1.807) is 0 Å². The molecular weight excluding hydrogens is 160 g/mol. The lowest BCUT2D eigenvalue weighted by Gasteiger charge is -2.18. The van der Waals surface area contributed by atoms with Crippen LogP contribution >= 0.6 is 0 Å². The van der Waals surface area contributed by atoms with Crippen molar-refractivity contribution in [2.45, 2.75) is 26.2 Å². The zero-order valence-electron chi connectivity index (χ0n) is 8.41. The highest BCUT2D eigenvalue weighted by atomic mass is 14.5. The molecule has 0 saturated carbocycles. The Kier molecular flexibility index (Phi) is 4.00. The predicted molar refractivity (Wildman–Crippen MR) is 56.2 cm³/mol. The van der Waals surface area contributed by atoms with Gasteiger partial charge in [-0.3, -0.25) is 0 Å². The molecule has 1 rings (SSSR count). The van der Waals surface area contributed by atoms with Crippen molar-refractivity contribution < 1.29 is 0 Å². The minimum Gasteiger partial charge on any atom is -0.399 e. The molecule has 0 aliphatic rings. The van der Waals surface area contributed by atoms with Crippen LogP contribution in [0.4, 0.5) is 5.69 Å². The molecular formula is C11H16N2. The molecule has 0 radical (unpaired) electrons. The highest BCUT2D eigenvalue weighted by Crippen LogP contribution is 2.22. The van der Waals surface area contributed by atoms with Crippen molar-refractivity contribution in [2.24, 2.45) is 0 Å². The largest absolute Gasteiger partial charge is 0.399 e. The van der Waals surface area contributed by atoms with Gasteiger partial charge in [0.25, 0.3) is 0 Å². The van der Waals surface area contributed by atoms with E-state index in [4.69, 9.17) is 11.0 Å². The van der Waals surface area contributed by atoms with Crippen LogP contribution in [0.3, 0.4) is 0 Å². The summed E-state index contributed by atoms with van der Waals surface area (Å²) in [6, 6.07) is 8.05. The van der Waals surface area contributed by atoms with Gasteiger partial charge in [-0.2, -0.15) is 0 Å². The summed E-state index contributed by atoms with van der Waals surface area (Å²) in [6.07, 6.45) is 0. The lowest BCUT2D eigenvalue weighted by molar-refractivity contribution is 0.590. The van der Waals surface area contributed by atoms with Crippen molar-refractivity contribution >= 4 is 5.69 Å². The maximum Gasteiger partial charge on any atom is 0.0462 e. The number of nitrogens with zero attached hydrogens (tertiary/aromatic N) is 1. The monoisotopic (exact) mass is 176 g/mol. The van der Waals surface area contributed by atoms with E-state index in [9.17, 15) is 0 Å². The second-order valence-corrected chi connectivity index (χ2v) is 3.87. The van der Waals surface area contributed by atoms with Crippen LogP contribution in [0.1, 0.15) is 26.3 Å². The van der Waals surface area contributed by atoms with Crippen LogP contribution in [0.25, 0.3) is 0 Å². The quantitative estimate of drug-likeness (QED) is 0.618. The Hall–Kier alpha value is -1.49. The Morgan fingerprint density at radius 2 is 1.46 bits per heavy atom. The molecule has 2 N–H and O–H groups in total. The van der Waals surface area contributed by atoms with Crippen molar-refractivity contribution in [3.05, 3.63) is 29.8 Å². The molecule has 0 aliphatic carbocycles. The zero-order valence-corrected chi connectivity index (χ0v) is 8.41. The Balaban J connectivity index is 0.000000671. The van der Waals surface area contributed by atoms with Gasteiger partial charge in [0, 0.05) is 12.3 Å². The van der Waals surface area contributed by atoms with Gasteiger partial charge in [-0.25, -0.2) is 5.26 Å². The first-order chi connectivity index (χ1) is 6.00. The number of nitrogen functional groups attached to an aromatic ring is 1. The van der Waals surface area contributed by atoms with Crippen LogP contribution in [-0.2, 0) is 5.41 Å². The molecule has 0 bridgehead atoms. The zero-order chi connectivity index (χ0) is 10.5. The van der Waals surface area contributed by atoms with Crippen molar-refractivity contribution in [2.75, 3.05) is 5.73 Å². The molecule has 1 aromatic rings. The van der Waals surface area contributed by atoms with E-state index in [2.05, 4.69) is 39.5 Å². The van der Waals surface area contributed by atoms with Crippen LogP contribution in [0.2, 0.25) is 0 Å². The molecule has 70 valence electrons. The number of anilines is 1. The van der Waals surface area contributed by atoms with Gasteiger partial charge < -0.3 is 5.73 Å². The number of nitrogens with two attached hydrogens (primary N) is 1. The fourth-order valence-corrected chi connectivity index (χ4v) is 0.983. The third-order valence-corrected chi connectivity index (χ3v) is 1.78. The van der Waals surface area contributed by atoms with Gasteiger partial charge in [-0.05, 0) is 23.1 Å². The maximum atomic E-state index is 6.50. The van der Waals surface area contributed by atoms with Crippen molar-refractivity contribution in [3.63, 3.8) is 0 Å². The lowest BCUT2D eigenvalue weighted by Crippen LogP contribution is -2.10. The Labute approximate surface area is 80.0 Å². The minimum atomic E-state index is 0.230. The molecule has 0 heterocycles. The van der Waals surface area contributed by atoms with Crippen LogP contribution in [0.5, 0.6) is 0 Å². The summed E-state index contributed by atoms with van der Waals surface area (Å²) in [5, 5.41) is 6.50. The molecule has 0 spiro atoms. The molecule has 0 unspecified atom stereocenters. The van der Waals surface area contributed by atoms with Crippen molar-refractivity contribution in [1.82, 2.24) is 0 Å². The molecule has 0 aliphatic heterocycles. The summed E-state index contributed by atoms with van der Waals surface area (Å²) in [5.41, 5.74) is 7.96. The Morgan fingerprint density at radius 1 is 1.08 bits per heavy atom. The number of hydrogen-bond acceptors (Lipinski definition) is 2. The van der Waals surface area contributed by atoms with Gasteiger partial charge in [0.05, 0.1) is 0 Å².